The van der Waals surface area contributed by atoms with Gasteiger partial charge in [0, 0.05) is 20.1 Å². The van der Waals surface area contributed by atoms with Gasteiger partial charge in [0.05, 0.1) is 0 Å². The number of rotatable bonds is 1. The molecule has 1 heterocycles. The second-order valence-electron chi connectivity index (χ2n) is 3.08. The van der Waals surface area contributed by atoms with Gasteiger partial charge in [0.25, 0.3) is 0 Å². The predicted molar refractivity (Wildman–Crippen MR) is 49.0 cm³/mol. The van der Waals surface area contributed by atoms with Crippen LogP contribution in [0.15, 0.2) is 12.2 Å². The Morgan fingerprint density at radius 3 is 2.69 bits per heavy atom. The van der Waals surface area contributed by atoms with Crippen LogP contribution in [0.25, 0.3) is 0 Å². The van der Waals surface area contributed by atoms with Crippen molar-refractivity contribution < 1.29 is 9.59 Å². The number of likely N-dealkylation sites (N-methyl/N-ethyl adjacent to an activating group) is 1. The van der Waals surface area contributed by atoms with Crippen LogP contribution in [0.3, 0.4) is 0 Å². The molecular formula is C9H14N2O2. The Balaban J connectivity index is 2.55. The molecular weight excluding hydrogens is 168 g/mol. The SMILES string of the molecule is C/C=C/C(=O)N1CCN(C)C(=O)C1. The summed E-state index contributed by atoms with van der Waals surface area (Å²) < 4.78 is 0. The van der Waals surface area contributed by atoms with Gasteiger partial charge in [-0.2, -0.15) is 0 Å². The topological polar surface area (TPSA) is 40.6 Å². The summed E-state index contributed by atoms with van der Waals surface area (Å²) in [6.45, 7) is 3.25. The molecule has 13 heavy (non-hydrogen) atoms. The van der Waals surface area contributed by atoms with Crippen molar-refractivity contribution in [2.24, 2.45) is 0 Å². The molecule has 0 aromatic heterocycles. The number of piperazine rings is 1. The molecule has 1 rings (SSSR count). The molecule has 0 aliphatic carbocycles. The summed E-state index contributed by atoms with van der Waals surface area (Å²) in [5, 5.41) is 0. The number of allylic oxidation sites excluding steroid dienone is 1. The van der Waals surface area contributed by atoms with E-state index >= 15 is 0 Å². The van der Waals surface area contributed by atoms with Gasteiger partial charge in [-0.3, -0.25) is 9.59 Å². The van der Waals surface area contributed by atoms with E-state index in [9.17, 15) is 9.59 Å². The molecule has 2 amide bonds. The third-order valence-corrected chi connectivity index (χ3v) is 2.08. The van der Waals surface area contributed by atoms with Crippen LogP contribution in [-0.2, 0) is 9.59 Å². The highest BCUT2D eigenvalue weighted by Crippen LogP contribution is 2.01. The van der Waals surface area contributed by atoms with E-state index in [4.69, 9.17) is 0 Å². The Labute approximate surface area is 77.8 Å². The van der Waals surface area contributed by atoms with Crippen molar-refractivity contribution in [1.82, 2.24) is 9.80 Å². The summed E-state index contributed by atoms with van der Waals surface area (Å²) in [7, 11) is 1.75. The normalized spacial score (nSPS) is 18.5. The van der Waals surface area contributed by atoms with E-state index in [0.29, 0.717) is 13.1 Å². The third-order valence-electron chi connectivity index (χ3n) is 2.08. The standard InChI is InChI=1S/C9H14N2O2/c1-3-4-8(12)11-6-5-10(2)9(13)7-11/h3-4H,5-7H2,1-2H3/b4-3+. The van der Waals surface area contributed by atoms with E-state index < -0.39 is 0 Å². The lowest BCUT2D eigenvalue weighted by molar-refractivity contribution is -0.141. The lowest BCUT2D eigenvalue weighted by Gasteiger charge is -2.31. The fourth-order valence-electron chi connectivity index (χ4n) is 1.19. The first-order valence-corrected chi connectivity index (χ1v) is 4.30. The molecule has 0 radical (unpaired) electrons. The lowest BCUT2D eigenvalue weighted by atomic mass is 10.3. The summed E-state index contributed by atoms with van der Waals surface area (Å²) in [6, 6.07) is 0. The zero-order chi connectivity index (χ0) is 9.84. The van der Waals surface area contributed by atoms with Gasteiger partial charge in [-0.15, -0.1) is 0 Å². The van der Waals surface area contributed by atoms with Crippen molar-refractivity contribution in [3.63, 3.8) is 0 Å². The quantitative estimate of drug-likeness (QED) is 0.530. The average Bonchev–Trinajstić information content (AvgIpc) is 2.10. The first-order chi connectivity index (χ1) is 6.15. The Bertz CT molecular complexity index is 248. The molecule has 4 nitrogen and oxygen atoms in total. The van der Waals surface area contributed by atoms with Gasteiger partial charge >= 0.3 is 0 Å². The molecule has 0 aromatic carbocycles. The molecule has 0 spiro atoms. The largest absolute Gasteiger partial charge is 0.342 e. The summed E-state index contributed by atoms with van der Waals surface area (Å²) in [5.41, 5.74) is 0. The third kappa shape index (κ3) is 2.31. The van der Waals surface area contributed by atoms with Crippen molar-refractivity contribution in [3.05, 3.63) is 12.2 Å². The molecule has 0 bridgehead atoms. The Morgan fingerprint density at radius 2 is 2.15 bits per heavy atom. The summed E-state index contributed by atoms with van der Waals surface area (Å²) in [5.74, 6) is -0.0759. The Hall–Kier alpha value is -1.32. The second kappa shape index (κ2) is 4.07. The zero-order valence-electron chi connectivity index (χ0n) is 7.99. The molecule has 0 unspecified atom stereocenters. The van der Waals surface area contributed by atoms with Gasteiger partial charge in [0.2, 0.25) is 11.8 Å². The Morgan fingerprint density at radius 1 is 1.46 bits per heavy atom. The molecule has 1 aliphatic rings. The molecule has 72 valence electrons. The minimum Gasteiger partial charge on any atom is -0.342 e. The summed E-state index contributed by atoms with van der Waals surface area (Å²) >= 11 is 0. The molecule has 0 saturated carbocycles. The molecule has 0 atom stereocenters. The fourth-order valence-corrected chi connectivity index (χ4v) is 1.19. The monoisotopic (exact) mass is 182 g/mol. The minimum absolute atomic E-state index is 0.00380. The molecule has 0 aromatic rings. The number of carbonyl (C=O) groups is 2. The minimum atomic E-state index is -0.0797. The van der Waals surface area contributed by atoms with Gasteiger partial charge in [-0.1, -0.05) is 6.08 Å². The lowest BCUT2D eigenvalue weighted by Crippen LogP contribution is -2.50. The van der Waals surface area contributed by atoms with Crippen molar-refractivity contribution in [1.29, 1.82) is 0 Å². The number of amides is 2. The fraction of sp³-hybridized carbons (Fsp3) is 0.556. The van der Waals surface area contributed by atoms with Crippen LogP contribution in [0.5, 0.6) is 0 Å². The van der Waals surface area contributed by atoms with Crippen molar-refractivity contribution in [3.8, 4) is 0 Å². The van der Waals surface area contributed by atoms with E-state index in [1.165, 1.54) is 6.08 Å². The maximum absolute atomic E-state index is 11.3. The van der Waals surface area contributed by atoms with Crippen LogP contribution in [0.1, 0.15) is 6.92 Å². The van der Waals surface area contributed by atoms with Crippen LogP contribution in [0, 0.1) is 0 Å². The van der Waals surface area contributed by atoms with Crippen LogP contribution < -0.4 is 0 Å². The van der Waals surface area contributed by atoms with Crippen molar-refractivity contribution in [2.75, 3.05) is 26.7 Å². The maximum atomic E-state index is 11.3. The predicted octanol–water partition coefficient (Wildman–Crippen LogP) is -0.137. The van der Waals surface area contributed by atoms with Gasteiger partial charge in [0.15, 0.2) is 0 Å². The molecule has 4 heteroatoms. The van der Waals surface area contributed by atoms with Crippen molar-refractivity contribution in [2.45, 2.75) is 6.92 Å². The van der Waals surface area contributed by atoms with Gasteiger partial charge in [0.1, 0.15) is 6.54 Å². The number of nitrogens with zero attached hydrogens (tertiary/aromatic N) is 2. The van der Waals surface area contributed by atoms with Crippen LogP contribution in [0.4, 0.5) is 0 Å². The van der Waals surface area contributed by atoms with E-state index in [1.54, 1.807) is 29.8 Å². The molecule has 1 fully saturated rings. The van der Waals surface area contributed by atoms with Crippen molar-refractivity contribution >= 4 is 11.8 Å². The highest BCUT2D eigenvalue weighted by Gasteiger charge is 2.22. The second-order valence-corrected chi connectivity index (χ2v) is 3.08. The summed E-state index contributed by atoms with van der Waals surface area (Å²) in [6.07, 6.45) is 3.17. The smallest absolute Gasteiger partial charge is 0.246 e. The van der Waals surface area contributed by atoms with Gasteiger partial charge in [-0.25, -0.2) is 0 Å². The van der Waals surface area contributed by atoms with Crippen LogP contribution in [-0.4, -0.2) is 48.3 Å². The number of hydrogen-bond acceptors (Lipinski definition) is 2. The molecule has 1 aliphatic heterocycles. The van der Waals surface area contributed by atoms with Gasteiger partial charge in [-0.05, 0) is 13.0 Å². The van der Waals surface area contributed by atoms with Crippen LogP contribution >= 0.6 is 0 Å². The highest BCUT2D eigenvalue weighted by molar-refractivity contribution is 5.91. The van der Waals surface area contributed by atoms with E-state index in [-0.39, 0.29) is 18.4 Å². The van der Waals surface area contributed by atoms with E-state index in [0.717, 1.165) is 0 Å². The number of hydrogen-bond donors (Lipinski definition) is 0. The van der Waals surface area contributed by atoms with E-state index in [1.807, 2.05) is 0 Å². The molecule has 0 N–H and O–H groups in total. The van der Waals surface area contributed by atoms with E-state index in [2.05, 4.69) is 0 Å². The Kier molecular flexibility index (Phi) is 3.06. The number of carbonyl (C=O) groups excluding carboxylic acids is 2. The summed E-state index contributed by atoms with van der Waals surface area (Å²) in [4.78, 5) is 25.7. The van der Waals surface area contributed by atoms with Gasteiger partial charge < -0.3 is 9.80 Å². The average molecular weight is 182 g/mol. The first-order valence-electron chi connectivity index (χ1n) is 4.30. The van der Waals surface area contributed by atoms with Crippen LogP contribution in [0.2, 0.25) is 0 Å². The highest BCUT2D eigenvalue weighted by atomic mass is 16.2. The molecule has 1 saturated heterocycles. The zero-order valence-corrected chi connectivity index (χ0v) is 7.99. The first kappa shape index (κ1) is 9.77. The maximum Gasteiger partial charge on any atom is 0.246 e.